The molecule has 2 fully saturated rings. The predicted octanol–water partition coefficient (Wildman–Crippen LogP) is 3.42. The van der Waals surface area contributed by atoms with Crippen LogP contribution in [0.25, 0.3) is 0 Å². The first-order valence-corrected chi connectivity index (χ1v) is 9.04. The maximum absolute atomic E-state index is 13.2. The van der Waals surface area contributed by atoms with Crippen LogP contribution < -0.4 is 4.90 Å². The number of carbonyl (C=O) groups excluding carboxylic acids is 3. The SMILES string of the molecule is O=C1CC(N(C(=O)c2ccc(F)cc2)C2CC2)C(=O)N1c1ccc(Cl)cc1. The number of nitrogens with zero attached hydrogens (tertiary/aromatic N) is 2. The maximum atomic E-state index is 13.2. The molecule has 138 valence electrons. The van der Waals surface area contributed by atoms with Crippen LogP contribution in [-0.2, 0) is 9.59 Å². The van der Waals surface area contributed by atoms with Crippen LogP contribution in [0.2, 0.25) is 5.02 Å². The lowest BCUT2D eigenvalue weighted by Gasteiger charge is -2.27. The zero-order valence-corrected chi connectivity index (χ0v) is 15.0. The first kappa shape index (κ1) is 17.7. The largest absolute Gasteiger partial charge is 0.323 e. The van der Waals surface area contributed by atoms with Crippen LogP contribution in [0.3, 0.4) is 0 Å². The van der Waals surface area contributed by atoms with E-state index in [1.54, 1.807) is 24.3 Å². The van der Waals surface area contributed by atoms with Crippen LogP contribution in [0.1, 0.15) is 29.6 Å². The van der Waals surface area contributed by atoms with Crippen molar-refractivity contribution in [1.82, 2.24) is 4.90 Å². The molecule has 1 atom stereocenters. The van der Waals surface area contributed by atoms with E-state index >= 15 is 0 Å². The Bertz CT molecular complexity index is 910. The molecule has 0 bridgehead atoms. The third kappa shape index (κ3) is 3.32. The zero-order valence-electron chi connectivity index (χ0n) is 14.3. The number of hydrogen-bond donors (Lipinski definition) is 0. The number of rotatable bonds is 4. The van der Waals surface area contributed by atoms with Crippen molar-refractivity contribution in [3.8, 4) is 0 Å². The van der Waals surface area contributed by atoms with Gasteiger partial charge >= 0.3 is 0 Å². The fourth-order valence-corrected chi connectivity index (χ4v) is 3.48. The van der Waals surface area contributed by atoms with E-state index in [2.05, 4.69) is 0 Å². The topological polar surface area (TPSA) is 57.7 Å². The molecule has 5 nitrogen and oxygen atoms in total. The van der Waals surface area contributed by atoms with Crippen LogP contribution >= 0.6 is 11.6 Å². The second-order valence-electron chi connectivity index (χ2n) is 6.71. The summed E-state index contributed by atoms with van der Waals surface area (Å²) < 4.78 is 13.2. The lowest BCUT2D eigenvalue weighted by atomic mass is 10.1. The van der Waals surface area contributed by atoms with Crippen LogP contribution in [0.5, 0.6) is 0 Å². The summed E-state index contributed by atoms with van der Waals surface area (Å²) in [5.41, 5.74) is 0.732. The van der Waals surface area contributed by atoms with Gasteiger partial charge in [-0.3, -0.25) is 14.4 Å². The lowest BCUT2D eigenvalue weighted by Crippen LogP contribution is -2.46. The van der Waals surface area contributed by atoms with E-state index in [1.165, 1.54) is 29.2 Å². The summed E-state index contributed by atoms with van der Waals surface area (Å²) in [6.45, 7) is 0. The summed E-state index contributed by atoms with van der Waals surface area (Å²) in [6, 6.07) is 10.7. The minimum Gasteiger partial charge on any atom is -0.323 e. The molecule has 1 saturated heterocycles. The first-order chi connectivity index (χ1) is 13.0. The van der Waals surface area contributed by atoms with Gasteiger partial charge in [0.1, 0.15) is 11.9 Å². The van der Waals surface area contributed by atoms with Gasteiger partial charge in [-0.05, 0) is 61.4 Å². The minimum atomic E-state index is -0.849. The molecule has 0 radical (unpaired) electrons. The molecule has 7 heteroatoms. The number of benzene rings is 2. The highest BCUT2D eigenvalue weighted by molar-refractivity contribution is 6.31. The van der Waals surface area contributed by atoms with Gasteiger partial charge in [-0.25, -0.2) is 9.29 Å². The van der Waals surface area contributed by atoms with Crippen molar-refractivity contribution < 1.29 is 18.8 Å². The average molecular weight is 387 g/mol. The Labute approximate surface area is 160 Å². The number of carbonyl (C=O) groups is 3. The lowest BCUT2D eigenvalue weighted by molar-refractivity contribution is -0.122. The monoisotopic (exact) mass is 386 g/mol. The van der Waals surface area contributed by atoms with Crippen molar-refractivity contribution in [2.45, 2.75) is 31.3 Å². The number of hydrogen-bond acceptors (Lipinski definition) is 3. The quantitative estimate of drug-likeness (QED) is 0.756. The second-order valence-corrected chi connectivity index (χ2v) is 7.15. The fraction of sp³-hybridized carbons (Fsp3) is 0.250. The Morgan fingerprint density at radius 1 is 1.04 bits per heavy atom. The van der Waals surface area contributed by atoms with E-state index in [1.807, 2.05) is 0 Å². The Morgan fingerprint density at radius 2 is 1.67 bits per heavy atom. The van der Waals surface area contributed by atoms with Crippen molar-refractivity contribution in [3.05, 3.63) is 64.9 Å². The summed E-state index contributed by atoms with van der Waals surface area (Å²) in [6.07, 6.45) is 1.50. The van der Waals surface area contributed by atoms with Gasteiger partial charge in [-0.1, -0.05) is 11.6 Å². The predicted molar refractivity (Wildman–Crippen MR) is 97.9 cm³/mol. The summed E-state index contributed by atoms with van der Waals surface area (Å²) >= 11 is 5.87. The highest BCUT2D eigenvalue weighted by Crippen LogP contribution is 2.35. The van der Waals surface area contributed by atoms with Crippen LogP contribution in [0.4, 0.5) is 10.1 Å². The molecule has 1 heterocycles. The van der Waals surface area contributed by atoms with E-state index in [0.29, 0.717) is 16.3 Å². The van der Waals surface area contributed by atoms with Crippen LogP contribution in [0, 0.1) is 5.82 Å². The van der Waals surface area contributed by atoms with Crippen LogP contribution in [0.15, 0.2) is 48.5 Å². The number of anilines is 1. The minimum absolute atomic E-state index is 0.0646. The molecule has 4 rings (SSSR count). The Kier molecular flexibility index (Phi) is 4.44. The highest BCUT2D eigenvalue weighted by Gasteiger charge is 2.48. The third-order valence-corrected chi connectivity index (χ3v) is 5.06. The van der Waals surface area contributed by atoms with Gasteiger partial charge in [0.2, 0.25) is 5.91 Å². The highest BCUT2D eigenvalue weighted by atomic mass is 35.5. The first-order valence-electron chi connectivity index (χ1n) is 8.66. The molecule has 2 aromatic rings. The van der Waals surface area contributed by atoms with Gasteiger partial charge in [0.05, 0.1) is 12.1 Å². The number of imide groups is 1. The van der Waals surface area contributed by atoms with Crippen molar-refractivity contribution in [3.63, 3.8) is 0 Å². The molecule has 1 unspecified atom stereocenters. The van der Waals surface area contributed by atoms with Crippen molar-refractivity contribution in [1.29, 1.82) is 0 Å². The Morgan fingerprint density at radius 3 is 2.26 bits per heavy atom. The molecular weight excluding hydrogens is 371 g/mol. The van der Waals surface area contributed by atoms with Gasteiger partial charge in [0, 0.05) is 16.6 Å². The molecule has 27 heavy (non-hydrogen) atoms. The van der Waals surface area contributed by atoms with Gasteiger partial charge < -0.3 is 4.90 Å². The molecule has 0 spiro atoms. The average Bonchev–Trinajstić information content (AvgIpc) is 3.43. The van der Waals surface area contributed by atoms with E-state index in [0.717, 1.165) is 17.7 Å². The van der Waals surface area contributed by atoms with Crippen LogP contribution in [-0.4, -0.2) is 34.7 Å². The van der Waals surface area contributed by atoms with Gasteiger partial charge in [0.25, 0.3) is 11.8 Å². The van der Waals surface area contributed by atoms with Gasteiger partial charge in [-0.2, -0.15) is 0 Å². The molecule has 2 aliphatic rings. The summed E-state index contributed by atoms with van der Waals surface area (Å²) in [4.78, 5) is 41.1. The normalized spacial score (nSPS) is 19.5. The van der Waals surface area contributed by atoms with Gasteiger partial charge in [0.15, 0.2) is 0 Å². The summed E-state index contributed by atoms with van der Waals surface area (Å²) in [5.74, 6) is -1.58. The molecule has 1 saturated carbocycles. The Hall–Kier alpha value is -2.73. The van der Waals surface area contributed by atoms with E-state index in [9.17, 15) is 18.8 Å². The van der Waals surface area contributed by atoms with E-state index < -0.39 is 17.8 Å². The summed E-state index contributed by atoms with van der Waals surface area (Å²) in [7, 11) is 0. The van der Waals surface area contributed by atoms with Crippen molar-refractivity contribution >= 4 is 35.0 Å². The standard InChI is InChI=1S/C20H16ClFN2O3/c21-13-3-7-16(8-4-13)24-18(25)11-17(20(24)27)23(15-9-10-15)19(26)12-1-5-14(22)6-2-12/h1-8,15,17H,9-11H2. The number of halogens is 2. The van der Waals surface area contributed by atoms with Gasteiger partial charge in [-0.15, -0.1) is 0 Å². The molecule has 0 N–H and O–H groups in total. The van der Waals surface area contributed by atoms with Crippen molar-refractivity contribution in [2.75, 3.05) is 4.90 Å². The van der Waals surface area contributed by atoms with E-state index in [4.69, 9.17) is 11.6 Å². The molecule has 2 aromatic carbocycles. The smallest absolute Gasteiger partial charge is 0.257 e. The third-order valence-electron chi connectivity index (χ3n) is 4.81. The molecule has 0 aromatic heterocycles. The fourth-order valence-electron chi connectivity index (χ4n) is 3.35. The molecule has 1 aliphatic carbocycles. The molecular formula is C20H16ClFN2O3. The zero-order chi connectivity index (χ0) is 19.1. The van der Waals surface area contributed by atoms with Crippen molar-refractivity contribution in [2.24, 2.45) is 0 Å². The summed E-state index contributed by atoms with van der Waals surface area (Å²) in [5, 5.41) is 0.500. The van der Waals surface area contributed by atoms with E-state index in [-0.39, 0.29) is 24.3 Å². The Balaban J connectivity index is 1.63. The molecule has 1 aliphatic heterocycles. The number of amides is 3. The maximum Gasteiger partial charge on any atom is 0.257 e. The second kappa shape index (κ2) is 6.78. The molecule has 3 amide bonds.